The minimum Gasteiger partial charge on any atom is -0.379 e. The normalized spacial score (nSPS) is 20.9. The van der Waals surface area contributed by atoms with Crippen LogP contribution in [0, 0.1) is 5.92 Å². The van der Waals surface area contributed by atoms with Crippen molar-refractivity contribution >= 4 is 30.7 Å². The Labute approximate surface area is 162 Å². The number of rotatable bonds is 5. The maximum atomic E-state index is 12.2. The van der Waals surface area contributed by atoms with E-state index in [-0.39, 0.29) is 36.6 Å². The van der Waals surface area contributed by atoms with Crippen molar-refractivity contribution in [3.63, 3.8) is 0 Å². The van der Waals surface area contributed by atoms with Crippen LogP contribution in [0.5, 0.6) is 0 Å². The summed E-state index contributed by atoms with van der Waals surface area (Å²) in [4.78, 5) is 14.6. The van der Waals surface area contributed by atoms with Gasteiger partial charge in [-0.3, -0.25) is 9.69 Å². The fraction of sp³-hybridized carbons (Fsp3) is 0.611. The molecule has 3 rings (SSSR count). The van der Waals surface area contributed by atoms with Gasteiger partial charge in [0.25, 0.3) is 0 Å². The van der Waals surface area contributed by atoms with Crippen LogP contribution in [0.3, 0.4) is 0 Å². The van der Waals surface area contributed by atoms with E-state index in [1.165, 1.54) is 11.1 Å². The van der Waals surface area contributed by atoms with E-state index < -0.39 is 0 Å². The van der Waals surface area contributed by atoms with Gasteiger partial charge in [0.1, 0.15) is 0 Å². The standard InChI is InChI=1S/C18H27N3O2.2ClH/c22-18(17-5-2-6-19-13-17)20-12-15-3-1-4-16(11-15)14-21-7-9-23-10-8-21;;/h1,3-4,11,17,19H,2,5-10,12-14H2,(H,20,22);2*1H. The highest BCUT2D eigenvalue weighted by molar-refractivity contribution is 5.85. The SMILES string of the molecule is Cl.Cl.O=C(NCc1cccc(CN2CCOCC2)c1)C1CCCNC1. The molecule has 1 aromatic rings. The molecule has 1 unspecified atom stereocenters. The number of nitrogens with zero attached hydrogens (tertiary/aromatic N) is 1. The molecule has 0 saturated carbocycles. The molecule has 0 aliphatic carbocycles. The van der Waals surface area contributed by atoms with E-state index in [4.69, 9.17) is 4.74 Å². The molecule has 2 saturated heterocycles. The smallest absolute Gasteiger partial charge is 0.224 e. The van der Waals surface area contributed by atoms with Gasteiger partial charge in [-0.15, -0.1) is 24.8 Å². The zero-order valence-corrected chi connectivity index (χ0v) is 16.2. The fourth-order valence-corrected chi connectivity index (χ4v) is 3.26. The van der Waals surface area contributed by atoms with Gasteiger partial charge >= 0.3 is 0 Å². The van der Waals surface area contributed by atoms with Crippen molar-refractivity contribution in [3.8, 4) is 0 Å². The Balaban J connectivity index is 0.00000156. The number of hydrogen-bond donors (Lipinski definition) is 2. The first kappa shape index (κ1) is 22.2. The van der Waals surface area contributed by atoms with Crippen molar-refractivity contribution in [1.82, 2.24) is 15.5 Å². The molecule has 2 fully saturated rings. The van der Waals surface area contributed by atoms with Crippen molar-refractivity contribution in [2.75, 3.05) is 39.4 Å². The van der Waals surface area contributed by atoms with Gasteiger partial charge in [0.05, 0.1) is 19.1 Å². The average Bonchev–Trinajstić information content (AvgIpc) is 2.62. The molecule has 2 heterocycles. The minimum absolute atomic E-state index is 0. The molecule has 1 amide bonds. The van der Waals surface area contributed by atoms with Gasteiger partial charge < -0.3 is 15.4 Å². The van der Waals surface area contributed by atoms with E-state index >= 15 is 0 Å². The summed E-state index contributed by atoms with van der Waals surface area (Å²) in [5, 5.41) is 6.38. The second kappa shape index (κ2) is 11.7. The monoisotopic (exact) mass is 389 g/mol. The van der Waals surface area contributed by atoms with Gasteiger partial charge in [-0.05, 0) is 30.5 Å². The van der Waals surface area contributed by atoms with Gasteiger partial charge in [0.15, 0.2) is 0 Å². The lowest BCUT2D eigenvalue weighted by Gasteiger charge is -2.26. The van der Waals surface area contributed by atoms with Crippen molar-refractivity contribution in [1.29, 1.82) is 0 Å². The van der Waals surface area contributed by atoms with E-state index in [0.717, 1.165) is 58.8 Å². The highest BCUT2D eigenvalue weighted by Gasteiger charge is 2.20. The highest BCUT2D eigenvalue weighted by atomic mass is 35.5. The number of benzene rings is 1. The highest BCUT2D eigenvalue weighted by Crippen LogP contribution is 2.12. The molecular formula is C18H29Cl2N3O2. The minimum atomic E-state index is 0. The lowest BCUT2D eigenvalue weighted by atomic mass is 9.99. The molecule has 0 aromatic heterocycles. The number of ether oxygens (including phenoxy) is 1. The first-order valence-corrected chi connectivity index (χ1v) is 8.67. The largest absolute Gasteiger partial charge is 0.379 e. The lowest BCUT2D eigenvalue weighted by Crippen LogP contribution is -2.40. The zero-order valence-electron chi connectivity index (χ0n) is 14.5. The third-order valence-corrected chi connectivity index (χ3v) is 4.64. The lowest BCUT2D eigenvalue weighted by molar-refractivity contribution is -0.125. The van der Waals surface area contributed by atoms with E-state index in [1.54, 1.807) is 0 Å². The van der Waals surface area contributed by atoms with E-state index in [0.29, 0.717) is 6.54 Å². The summed E-state index contributed by atoms with van der Waals surface area (Å²) in [5.41, 5.74) is 2.48. The number of amides is 1. The molecule has 0 spiro atoms. The van der Waals surface area contributed by atoms with Crippen LogP contribution in [0.2, 0.25) is 0 Å². The summed E-state index contributed by atoms with van der Waals surface area (Å²) in [6.45, 7) is 7.06. The van der Waals surface area contributed by atoms with Crippen molar-refractivity contribution in [2.24, 2.45) is 5.92 Å². The second-order valence-electron chi connectivity index (χ2n) is 6.47. The second-order valence-corrected chi connectivity index (χ2v) is 6.47. The number of halogens is 2. The number of carbonyl (C=O) groups is 1. The molecule has 25 heavy (non-hydrogen) atoms. The molecule has 2 aliphatic rings. The van der Waals surface area contributed by atoms with Crippen LogP contribution in [0.25, 0.3) is 0 Å². The Hall–Kier alpha value is -0.850. The Morgan fingerprint density at radius 2 is 2.00 bits per heavy atom. The molecule has 2 N–H and O–H groups in total. The summed E-state index contributed by atoms with van der Waals surface area (Å²) in [5.74, 6) is 0.302. The number of carbonyl (C=O) groups excluding carboxylic acids is 1. The number of piperidine rings is 1. The third kappa shape index (κ3) is 7.12. The molecule has 1 aromatic carbocycles. The third-order valence-electron chi connectivity index (χ3n) is 4.64. The van der Waals surface area contributed by atoms with E-state index in [9.17, 15) is 4.79 Å². The van der Waals surface area contributed by atoms with Crippen molar-refractivity contribution < 1.29 is 9.53 Å². The summed E-state index contributed by atoms with van der Waals surface area (Å²) in [6.07, 6.45) is 2.09. The fourth-order valence-electron chi connectivity index (χ4n) is 3.26. The maximum absolute atomic E-state index is 12.2. The van der Waals surface area contributed by atoms with Crippen LogP contribution < -0.4 is 10.6 Å². The molecule has 7 heteroatoms. The molecule has 0 radical (unpaired) electrons. The molecule has 5 nitrogen and oxygen atoms in total. The predicted octanol–water partition coefficient (Wildman–Crippen LogP) is 1.98. The van der Waals surface area contributed by atoms with Gasteiger partial charge in [-0.1, -0.05) is 24.3 Å². The summed E-state index contributed by atoms with van der Waals surface area (Å²) >= 11 is 0. The molecular weight excluding hydrogens is 361 g/mol. The van der Waals surface area contributed by atoms with Gasteiger partial charge in [-0.25, -0.2) is 0 Å². The maximum Gasteiger partial charge on any atom is 0.224 e. The van der Waals surface area contributed by atoms with Crippen LogP contribution in [-0.4, -0.2) is 50.2 Å². The van der Waals surface area contributed by atoms with Gasteiger partial charge in [0.2, 0.25) is 5.91 Å². The van der Waals surface area contributed by atoms with Crippen LogP contribution in [0.4, 0.5) is 0 Å². The van der Waals surface area contributed by atoms with Crippen LogP contribution in [0.15, 0.2) is 24.3 Å². The van der Waals surface area contributed by atoms with Crippen molar-refractivity contribution in [2.45, 2.75) is 25.9 Å². The topological polar surface area (TPSA) is 53.6 Å². The van der Waals surface area contributed by atoms with Gasteiger partial charge in [-0.2, -0.15) is 0 Å². The Bertz CT molecular complexity index is 519. The number of morpholine rings is 1. The summed E-state index contributed by atoms with van der Waals surface area (Å²) in [6, 6.07) is 8.53. The Kier molecular flexibility index (Phi) is 10.4. The zero-order chi connectivity index (χ0) is 15.9. The van der Waals surface area contributed by atoms with E-state index in [2.05, 4.69) is 39.8 Å². The van der Waals surface area contributed by atoms with Crippen LogP contribution in [-0.2, 0) is 22.6 Å². The van der Waals surface area contributed by atoms with Crippen molar-refractivity contribution in [3.05, 3.63) is 35.4 Å². The quantitative estimate of drug-likeness (QED) is 0.808. The first-order valence-electron chi connectivity index (χ1n) is 8.67. The Morgan fingerprint density at radius 1 is 1.24 bits per heavy atom. The predicted molar refractivity (Wildman–Crippen MR) is 104 cm³/mol. The van der Waals surface area contributed by atoms with Gasteiger partial charge in [0, 0.05) is 32.7 Å². The first-order chi connectivity index (χ1) is 11.3. The average molecular weight is 390 g/mol. The van der Waals surface area contributed by atoms with Crippen LogP contribution in [0.1, 0.15) is 24.0 Å². The summed E-state index contributed by atoms with van der Waals surface area (Å²) < 4.78 is 5.39. The molecule has 0 bridgehead atoms. The number of nitrogens with one attached hydrogen (secondary N) is 2. The van der Waals surface area contributed by atoms with E-state index in [1.807, 2.05) is 0 Å². The Morgan fingerprint density at radius 3 is 2.72 bits per heavy atom. The molecule has 1 atom stereocenters. The molecule has 142 valence electrons. The van der Waals surface area contributed by atoms with Crippen LogP contribution >= 0.6 is 24.8 Å². The summed E-state index contributed by atoms with van der Waals surface area (Å²) in [7, 11) is 0. The number of hydrogen-bond acceptors (Lipinski definition) is 4. The molecule has 2 aliphatic heterocycles.